The molecule has 0 saturated carbocycles. The fourth-order valence-corrected chi connectivity index (χ4v) is 3.48. The average Bonchev–Trinajstić information content (AvgIpc) is 2.68. The van der Waals surface area contributed by atoms with Crippen LogP contribution in [-0.2, 0) is 13.2 Å². The van der Waals surface area contributed by atoms with Crippen LogP contribution in [0.3, 0.4) is 0 Å². The molecule has 1 saturated heterocycles. The molecule has 2 aromatic carbocycles. The predicted octanol–water partition coefficient (Wildman–Crippen LogP) is 4.02. The summed E-state index contributed by atoms with van der Waals surface area (Å²) < 4.78 is 11.6. The van der Waals surface area contributed by atoms with Gasteiger partial charge in [-0.2, -0.15) is 0 Å². The first-order valence-electron chi connectivity index (χ1n) is 9.21. The zero-order valence-corrected chi connectivity index (χ0v) is 16.0. The first-order chi connectivity index (χ1) is 12.8. The number of hydrogen-bond acceptors (Lipinski definition) is 4. The van der Waals surface area contributed by atoms with Crippen molar-refractivity contribution in [3.63, 3.8) is 0 Å². The van der Waals surface area contributed by atoms with Gasteiger partial charge in [-0.25, -0.2) is 0 Å². The molecular formula is C21H27ClN2O2. The molecule has 0 bridgehead atoms. The molecule has 5 heteroatoms. The van der Waals surface area contributed by atoms with Crippen LogP contribution in [0.25, 0.3) is 0 Å². The minimum absolute atomic E-state index is 0.418. The Bertz CT molecular complexity index is 702. The molecule has 0 unspecified atom stereocenters. The molecule has 26 heavy (non-hydrogen) atoms. The lowest BCUT2D eigenvalue weighted by molar-refractivity contribution is 0.280. The fraction of sp³-hybridized carbons (Fsp3) is 0.429. The molecule has 1 aliphatic rings. The van der Waals surface area contributed by atoms with Crippen LogP contribution in [0.15, 0.2) is 42.5 Å². The Kier molecular flexibility index (Phi) is 7.18. The van der Waals surface area contributed by atoms with Crippen molar-refractivity contribution in [2.45, 2.75) is 26.0 Å². The van der Waals surface area contributed by atoms with Gasteiger partial charge >= 0.3 is 0 Å². The number of para-hydroxylation sites is 1. The third-order valence-corrected chi connectivity index (χ3v) is 5.19. The molecule has 140 valence electrons. The van der Waals surface area contributed by atoms with Crippen LogP contribution >= 0.6 is 11.6 Å². The summed E-state index contributed by atoms with van der Waals surface area (Å²) in [5.74, 6) is 2.28. The van der Waals surface area contributed by atoms with E-state index in [9.17, 15) is 0 Å². The van der Waals surface area contributed by atoms with Gasteiger partial charge in [-0.15, -0.1) is 0 Å². The van der Waals surface area contributed by atoms with Gasteiger partial charge in [0.05, 0.1) is 7.11 Å². The van der Waals surface area contributed by atoms with E-state index in [1.54, 1.807) is 7.11 Å². The van der Waals surface area contributed by atoms with Crippen LogP contribution in [-0.4, -0.2) is 26.7 Å². The van der Waals surface area contributed by atoms with Crippen molar-refractivity contribution in [1.29, 1.82) is 0 Å². The van der Waals surface area contributed by atoms with Gasteiger partial charge in [0.25, 0.3) is 0 Å². The van der Waals surface area contributed by atoms with E-state index < -0.39 is 0 Å². The molecular weight excluding hydrogens is 348 g/mol. The van der Waals surface area contributed by atoms with Crippen LogP contribution in [0.1, 0.15) is 24.0 Å². The SMILES string of the molecule is COc1cccc(CNCC2CCNCC2)c1OCc1ccccc1Cl. The molecule has 0 amide bonds. The second-order valence-corrected chi connectivity index (χ2v) is 7.06. The minimum atomic E-state index is 0.418. The maximum Gasteiger partial charge on any atom is 0.166 e. The molecule has 3 rings (SSSR count). The summed E-state index contributed by atoms with van der Waals surface area (Å²) >= 11 is 6.24. The van der Waals surface area contributed by atoms with Gasteiger partial charge in [-0.1, -0.05) is 41.9 Å². The topological polar surface area (TPSA) is 42.5 Å². The maximum atomic E-state index is 6.24. The Morgan fingerprint density at radius 1 is 1.08 bits per heavy atom. The fourth-order valence-electron chi connectivity index (χ4n) is 3.29. The van der Waals surface area contributed by atoms with Crippen molar-refractivity contribution in [1.82, 2.24) is 10.6 Å². The third-order valence-electron chi connectivity index (χ3n) is 4.82. The Labute approximate surface area is 160 Å². The van der Waals surface area contributed by atoms with Gasteiger partial charge < -0.3 is 20.1 Å². The quantitative estimate of drug-likeness (QED) is 0.732. The lowest BCUT2D eigenvalue weighted by Crippen LogP contribution is -2.33. The van der Waals surface area contributed by atoms with E-state index >= 15 is 0 Å². The third kappa shape index (κ3) is 5.13. The van der Waals surface area contributed by atoms with Gasteiger partial charge in [0.2, 0.25) is 0 Å². The van der Waals surface area contributed by atoms with Crippen LogP contribution in [0, 0.1) is 5.92 Å². The minimum Gasteiger partial charge on any atom is -0.493 e. The van der Waals surface area contributed by atoms with Crippen LogP contribution < -0.4 is 20.1 Å². The molecule has 2 N–H and O–H groups in total. The molecule has 0 aliphatic carbocycles. The van der Waals surface area contributed by atoms with E-state index in [0.29, 0.717) is 11.6 Å². The summed E-state index contributed by atoms with van der Waals surface area (Å²) in [6, 6.07) is 13.8. The Hall–Kier alpha value is -1.75. The highest BCUT2D eigenvalue weighted by Gasteiger charge is 2.14. The average molecular weight is 375 g/mol. The Balaban J connectivity index is 1.64. The van der Waals surface area contributed by atoms with Crippen molar-refractivity contribution in [2.75, 3.05) is 26.7 Å². The first kappa shape index (κ1) is 19.0. The van der Waals surface area contributed by atoms with Crippen LogP contribution in [0.2, 0.25) is 5.02 Å². The number of rotatable bonds is 8. The molecule has 4 nitrogen and oxygen atoms in total. The summed E-state index contributed by atoms with van der Waals surface area (Å²) in [5, 5.41) is 7.71. The van der Waals surface area contributed by atoms with E-state index in [4.69, 9.17) is 21.1 Å². The van der Waals surface area contributed by atoms with Crippen molar-refractivity contribution in [3.8, 4) is 11.5 Å². The van der Waals surface area contributed by atoms with Crippen molar-refractivity contribution >= 4 is 11.6 Å². The first-order valence-corrected chi connectivity index (χ1v) is 9.59. The molecule has 0 atom stereocenters. The van der Waals surface area contributed by atoms with Crippen molar-refractivity contribution in [2.24, 2.45) is 5.92 Å². The van der Waals surface area contributed by atoms with Crippen molar-refractivity contribution in [3.05, 3.63) is 58.6 Å². The van der Waals surface area contributed by atoms with E-state index in [0.717, 1.165) is 54.7 Å². The summed E-state index contributed by atoms with van der Waals surface area (Å²) in [5.41, 5.74) is 2.07. The standard InChI is InChI=1S/C21H27ClN2O2/c1-25-20-8-4-6-17(14-24-13-16-9-11-23-12-10-16)21(20)26-15-18-5-2-3-7-19(18)22/h2-8,16,23-24H,9-15H2,1H3. The van der Waals surface area contributed by atoms with Gasteiger partial charge in [0.15, 0.2) is 11.5 Å². The smallest absolute Gasteiger partial charge is 0.166 e. The highest BCUT2D eigenvalue weighted by molar-refractivity contribution is 6.31. The molecule has 1 fully saturated rings. The number of hydrogen-bond donors (Lipinski definition) is 2. The lowest BCUT2D eigenvalue weighted by Gasteiger charge is -2.23. The summed E-state index contributed by atoms with van der Waals surface area (Å²) in [7, 11) is 1.67. The Morgan fingerprint density at radius 3 is 2.62 bits per heavy atom. The van der Waals surface area contributed by atoms with Gasteiger partial charge in [0, 0.05) is 22.7 Å². The lowest BCUT2D eigenvalue weighted by atomic mass is 9.98. The number of ether oxygens (including phenoxy) is 2. The normalized spacial score (nSPS) is 15.0. The zero-order chi connectivity index (χ0) is 18.2. The van der Waals surface area contributed by atoms with Gasteiger partial charge in [-0.05, 0) is 50.5 Å². The number of nitrogens with one attached hydrogen (secondary N) is 2. The monoisotopic (exact) mass is 374 g/mol. The zero-order valence-electron chi connectivity index (χ0n) is 15.3. The molecule has 1 aliphatic heterocycles. The summed E-state index contributed by atoms with van der Waals surface area (Å²) in [6.45, 7) is 4.46. The highest BCUT2D eigenvalue weighted by Crippen LogP contribution is 2.32. The summed E-state index contributed by atoms with van der Waals surface area (Å²) in [6.07, 6.45) is 2.47. The Morgan fingerprint density at radius 2 is 1.85 bits per heavy atom. The highest BCUT2D eigenvalue weighted by atomic mass is 35.5. The second-order valence-electron chi connectivity index (χ2n) is 6.65. The molecule has 0 spiro atoms. The van der Waals surface area contributed by atoms with Crippen molar-refractivity contribution < 1.29 is 9.47 Å². The maximum absolute atomic E-state index is 6.24. The van der Waals surface area contributed by atoms with E-state index in [1.807, 2.05) is 36.4 Å². The summed E-state index contributed by atoms with van der Waals surface area (Å²) in [4.78, 5) is 0. The van der Waals surface area contributed by atoms with E-state index in [2.05, 4.69) is 16.7 Å². The number of halogens is 1. The molecule has 0 aromatic heterocycles. The molecule has 2 aromatic rings. The van der Waals surface area contributed by atoms with E-state index in [1.165, 1.54) is 12.8 Å². The van der Waals surface area contributed by atoms with Gasteiger partial charge in [-0.3, -0.25) is 0 Å². The largest absolute Gasteiger partial charge is 0.493 e. The second kappa shape index (κ2) is 9.81. The number of methoxy groups -OCH3 is 1. The molecule has 0 radical (unpaired) electrons. The van der Waals surface area contributed by atoms with Gasteiger partial charge in [0.1, 0.15) is 6.61 Å². The van der Waals surface area contributed by atoms with Crippen LogP contribution in [0.4, 0.5) is 0 Å². The van der Waals surface area contributed by atoms with Crippen LogP contribution in [0.5, 0.6) is 11.5 Å². The predicted molar refractivity (Wildman–Crippen MR) is 106 cm³/mol. The number of piperidine rings is 1. The number of benzene rings is 2. The van der Waals surface area contributed by atoms with E-state index in [-0.39, 0.29) is 0 Å². The molecule has 1 heterocycles.